The van der Waals surface area contributed by atoms with E-state index >= 15 is 0 Å². The minimum Gasteiger partial charge on any atom is -0.310 e. The molecule has 0 saturated carbocycles. The molecule has 102 valence electrons. The highest BCUT2D eigenvalue weighted by Gasteiger charge is 2.09. The van der Waals surface area contributed by atoms with E-state index in [1.54, 1.807) is 6.92 Å². The number of hydrogen-bond acceptors (Lipinski definition) is 3. The maximum atomic E-state index is 13.0. The van der Waals surface area contributed by atoms with Crippen LogP contribution in [0.1, 0.15) is 24.9 Å². The van der Waals surface area contributed by atoms with Crippen molar-refractivity contribution < 1.29 is 21.8 Å². The van der Waals surface area contributed by atoms with Gasteiger partial charge < -0.3 is 5.32 Å². The summed E-state index contributed by atoms with van der Waals surface area (Å²) in [5.74, 6) is -1.65. The second-order valence-electron chi connectivity index (χ2n) is 4.02. The van der Waals surface area contributed by atoms with Gasteiger partial charge in [-0.3, -0.25) is 4.55 Å². The zero-order chi connectivity index (χ0) is 13.8. The Kier molecular flexibility index (Phi) is 5.18. The summed E-state index contributed by atoms with van der Waals surface area (Å²) in [6.07, 6.45) is 0.223. The van der Waals surface area contributed by atoms with E-state index in [0.717, 1.165) is 6.07 Å². The molecular formula is C11H15F2NO3S. The van der Waals surface area contributed by atoms with Gasteiger partial charge in [-0.2, -0.15) is 8.42 Å². The standard InChI is InChI=1S/C11H15F2NO3S/c1-8(14-3-2-4-18(15,16)17)9-5-10(12)7-11(13)6-9/h5-8,14H,2-4H2,1H3,(H,15,16,17). The van der Waals surface area contributed by atoms with Gasteiger partial charge in [-0.25, -0.2) is 8.78 Å². The second kappa shape index (κ2) is 6.21. The summed E-state index contributed by atoms with van der Waals surface area (Å²) in [5.41, 5.74) is 0.444. The van der Waals surface area contributed by atoms with Crippen LogP contribution in [0.2, 0.25) is 0 Å². The zero-order valence-corrected chi connectivity index (χ0v) is 10.7. The van der Waals surface area contributed by atoms with E-state index in [-0.39, 0.29) is 18.2 Å². The number of rotatable bonds is 6. The van der Waals surface area contributed by atoms with Crippen LogP contribution < -0.4 is 5.32 Å². The molecule has 0 aliphatic heterocycles. The molecule has 0 aliphatic carbocycles. The largest absolute Gasteiger partial charge is 0.310 e. The molecule has 0 radical (unpaired) electrons. The Balaban J connectivity index is 2.48. The van der Waals surface area contributed by atoms with Gasteiger partial charge >= 0.3 is 0 Å². The predicted molar refractivity (Wildman–Crippen MR) is 63.8 cm³/mol. The maximum absolute atomic E-state index is 13.0. The minimum absolute atomic E-state index is 0.223. The highest BCUT2D eigenvalue weighted by molar-refractivity contribution is 7.85. The van der Waals surface area contributed by atoms with Gasteiger partial charge in [-0.05, 0) is 37.6 Å². The van der Waals surface area contributed by atoms with Gasteiger partial charge in [0, 0.05) is 12.1 Å². The molecule has 0 aliphatic rings. The predicted octanol–water partition coefficient (Wildman–Crippen LogP) is 1.89. The molecule has 1 aromatic carbocycles. The van der Waals surface area contributed by atoms with Crippen LogP contribution in [0.5, 0.6) is 0 Å². The van der Waals surface area contributed by atoms with E-state index in [1.165, 1.54) is 12.1 Å². The highest BCUT2D eigenvalue weighted by atomic mass is 32.2. The Morgan fingerprint density at radius 3 is 2.33 bits per heavy atom. The molecule has 0 fully saturated rings. The fourth-order valence-electron chi connectivity index (χ4n) is 1.52. The molecule has 1 unspecified atom stereocenters. The summed E-state index contributed by atoms with van der Waals surface area (Å²) in [7, 11) is -3.96. The molecule has 0 spiro atoms. The normalized spacial score (nSPS) is 13.6. The number of benzene rings is 1. The summed E-state index contributed by atoms with van der Waals surface area (Å²) in [5, 5.41) is 2.92. The van der Waals surface area contributed by atoms with Crippen LogP contribution in [-0.2, 0) is 10.1 Å². The van der Waals surface area contributed by atoms with Gasteiger partial charge in [0.05, 0.1) is 5.75 Å². The number of halogens is 2. The molecule has 0 amide bonds. The average molecular weight is 279 g/mol. The molecule has 1 rings (SSSR count). The Hall–Kier alpha value is -1.05. The zero-order valence-electron chi connectivity index (χ0n) is 9.86. The summed E-state index contributed by atoms with van der Waals surface area (Å²) in [6, 6.07) is 2.90. The van der Waals surface area contributed by atoms with Gasteiger partial charge in [0.2, 0.25) is 0 Å². The van der Waals surface area contributed by atoms with E-state index in [2.05, 4.69) is 5.32 Å². The van der Waals surface area contributed by atoms with Gasteiger partial charge in [-0.15, -0.1) is 0 Å². The molecule has 4 nitrogen and oxygen atoms in total. The number of hydrogen-bond donors (Lipinski definition) is 2. The van der Waals surface area contributed by atoms with Crippen molar-refractivity contribution in [3.8, 4) is 0 Å². The Labute approximate surface area is 105 Å². The fraction of sp³-hybridized carbons (Fsp3) is 0.455. The van der Waals surface area contributed by atoms with Gasteiger partial charge in [-0.1, -0.05) is 0 Å². The molecule has 0 heterocycles. The lowest BCUT2D eigenvalue weighted by atomic mass is 10.1. The Bertz CT molecular complexity index is 485. The van der Waals surface area contributed by atoms with Crippen LogP contribution in [0, 0.1) is 11.6 Å². The van der Waals surface area contributed by atoms with Crippen molar-refractivity contribution in [1.82, 2.24) is 5.32 Å². The van der Waals surface area contributed by atoms with Crippen molar-refractivity contribution in [3.05, 3.63) is 35.4 Å². The SMILES string of the molecule is CC(NCCCS(=O)(=O)O)c1cc(F)cc(F)c1. The monoisotopic (exact) mass is 279 g/mol. The lowest BCUT2D eigenvalue weighted by molar-refractivity contribution is 0.477. The van der Waals surface area contributed by atoms with Crippen LogP contribution in [0.15, 0.2) is 18.2 Å². The molecule has 7 heteroatoms. The third-order valence-corrected chi connectivity index (χ3v) is 3.22. The Morgan fingerprint density at radius 1 is 1.28 bits per heavy atom. The van der Waals surface area contributed by atoms with Crippen molar-refractivity contribution in [2.24, 2.45) is 0 Å². The van der Waals surface area contributed by atoms with Crippen LogP contribution in [0.3, 0.4) is 0 Å². The van der Waals surface area contributed by atoms with Gasteiger partial charge in [0.25, 0.3) is 10.1 Å². The molecule has 1 aromatic rings. The van der Waals surface area contributed by atoms with Crippen molar-refractivity contribution in [2.45, 2.75) is 19.4 Å². The third-order valence-electron chi connectivity index (χ3n) is 2.41. The van der Waals surface area contributed by atoms with Gasteiger partial charge in [0.1, 0.15) is 11.6 Å². The van der Waals surface area contributed by atoms with E-state index in [9.17, 15) is 17.2 Å². The highest BCUT2D eigenvalue weighted by Crippen LogP contribution is 2.15. The molecule has 0 saturated heterocycles. The van der Waals surface area contributed by atoms with E-state index in [4.69, 9.17) is 4.55 Å². The second-order valence-corrected chi connectivity index (χ2v) is 5.59. The van der Waals surface area contributed by atoms with Crippen molar-refractivity contribution in [1.29, 1.82) is 0 Å². The van der Waals surface area contributed by atoms with Crippen LogP contribution >= 0.6 is 0 Å². The van der Waals surface area contributed by atoms with Crippen LogP contribution in [0.4, 0.5) is 8.78 Å². The topological polar surface area (TPSA) is 66.4 Å². The quantitative estimate of drug-likeness (QED) is 0.616. The van der Waals surface area contributed by atoms with E-state index in [1.807, 2.05) is 0 Å². The molecule has 1 atom stereocenters. The molecule has 0 bridgehead atoms. The molecular weight excluding hydrogens is 264 g/mol. The maximum Gasteiger partial charge on any atom is 0.264 e. The lowest BCUT2D eigenvalue weighted by Crippen LogP contribution is -2.22. The summed E-state index contributed by atoms with van der Waals surface area (Å²) in [6.45, 7) is 2.03. The summed E-state index contributed by atoms with van der Waals surface area (Å²) in [4.78, 5) is 0. The first-order chi connectivity index (χ1) is 8.28. The van der Waals surface area contributed by atoms with Crippen molar-refractivity contribution in [2.75, 3.05) is 12.3 Å². The van der Waals surface area contributed by atoms with Crippen LogP contribution in [0.25, 0.3) is 0 Å². The fourth-order valence-corrected chi connectivity index (χ4v) is 2.03. The van der Waals surface area contributed by atoms with Crippen molar-refractivity contribution in [3.63, 3.8) is 0 Å². The number of nitrogens with one attached hydrogen (secondary N) is 1. The average Bonchev–Trinajstić information content (AvgIpc) is 2.21. The first-order valence-electron chi connectivity index (χ1n) is 5.42. The molecule has 18 heavy (non-hydrogen) atoms. The van der Waals surface area contributed by atoms with Crippen molar-refractivity contribution >= 4 is 10.1 Å². The molecule has 2 N–H and O–H groups in total. The first-order valence-corrected chi connectivity index (χ1v) is 7.03. The lowest BCUT2D eigenvalue weighted by Gasteiger charge is -2.14. The molecule has 0 aromatic heterocycles. The van der Waals surface area contributed by atoms with Crippen LogP contribution in [-0.4, -0.2) is 25.3 Å². The van der Waals surface area contributed by atoms with Gasteiger partial charge in [0.15, 0.2) is 0 Å². The van der Waals surface area contributed by atoms with E-state index in [0.29, 0.717) is 12.1 Å². The first kappa shape index (κ1) is 15.0. The summed E-state index contributed by atoms with van der Waals surface area (Å²) >= 11 is 0. The third kappa shape index (κ3) is 5.52. The Morgan fingerprint density at radius 2 is 1.83 bits per heavy atom. The minimum atomic E-state index is -3.96. The van der Waals surface area contributed by atoms with E-state index < -0.39 is 21.8 Å². The smallest absolute Gasteiger partial charge is 0.264 e. The summed E-state index contributed by atoms with van der Waals surface area (Å²) < 4.78 is 55.4.